The summed E-state index contributed by atoms with van der Waals surface area (Å²) >= 11 is 0. The van der Waals surface area contributed by atoms with E-state index in [9.17, 15) is 22.8 Å². The van der Waals surface area contributed by atoms with Gasteiger partial charge in [0.05, 0.1) is 4.90 Å². The summed E-state index contributed by atoms with van der Waals surface area (Å²) in [6, 6.07) is 14.2. The van der Waals surface area contributed by atoms with Crippen LogP contribution >= 0.6 is 0 Å². The molecule has 0 atom stereocenters. The molecular weight excluding hydrogens is 398 g/mol. The number of hydrogen-bond donors (Lipinski definition) is 3. The molecule has 0 aliphatic heterocycles. The van der Waals surface area contributed by atoms with Crippen molar-refractivity contribution in [1.82, 2.24) is 10.6 Å². The van der Waals surface area contributed by atoms with Gasteiger partial charge in [0.2, 0.25) is 10.0 Å². The van der Waals surface area contributed by atoms with Crippen LogP contribution in [0.3, 0.4) is 0 Å². The predicted octanol–water partition coefficient (Wildman–Crippen LogP) is 0.836. The van der Waals surface area contributed by atoms with Crippen molar-refractivity contribution in [3.8, 4) is 0 Å². The van der Waals surface area contributed by atoms with Crippen LogP contribution in [0.5, 0.6) is 0 Å². The fraction of sp³-hybridized carbons (Fsp3) is 0.211. The van der Waals surface area contributed by atoms with Crippen LogP contribution in [0.1, 0.15) is 17.5 Å². The number of urea groups is 1. The smallest absolute Gasteiger partial charge is 0.321 e. The Morgan fingerprint density at radius 1 is 0.931 bits per heavy atom. The largest absolute Gasteiger partial charge is 0.456 e. The van der Waals surface area contributed by atoms with Crippen molar-refractivity contribution in [2.75, 3.05) is 6.61 Å². The molecule has 29 heavy (non-hydrogen) atoms. The minimum absolute atomic E-state index is 0.0117. The summed E-state index contributed by atoms with van der Waals surface area (Å²) in [5.41, 5.74) is 1.58. The molecule has 0 aliphatic rings. The van der Waals surface area contributed by atoms with Gasteiger partial charge in [0.1, 0.15) is 0 Å². The van der Waals surface area contributed by atoms with Gasteiger partial charge in [-0.25, -0.2) is 18.4 Å². The van der Waals surface area contributed by atoms with E-state index in [1.54, 1.807) is 0 Å². The number of rotatable bonds is 8. The highest BCUT2D eigenvalue weighted by Crippen LogP contribution is 2.10. The van der Waals surface area contributed by atoms with Crippen LogP contribution in [0.2, 0.25) is 0 Å². The van der Waals surface area contributed by atoms with Crippen molar-refractivity contribution in [2.45, 2.75) is 24.3 Å². The van der Waals surface area contributed by atoms with E-state index < -0.39 is 34.5 Å². The van der Waals surface area contributed by atoms with Crippen LogP contribution in [-0.4, -0.2) is 32.9 Å². The molecule has 0 fully saturated rings. The van der Waals surface area contributed by atoms with Gasteiger partial charge in [0.25, 0.3) is 5.91 Å². The molecule has 2 aromatic carbocycles. The molecule has 4 N–H and O–H groups in total. The molecule has 0 aromatic heterocycles. The van der Waals surface area contributed by atoms with Gasteiger partial charge in [-0.1, -0.05) is 42.5 Å². The molecule has 0 saturated carbocycles. The van der Waals surface area contributed by atoms with E-state index in [0.717, 1.165) is 5.56 Å². The van der Waals surface area contributed by atoms with Gasteiger partial charge >= 0.3 is 12.0 Å². The standard InChI is InChI=1S/C19H21N3O6S/c20-29(26,27)16-9-6-14(7-10-16)8-11-18(24)28-13-17(23)22-19(25)21-12-15-4-2-1-3-5-15/h1-7,9-10H,8,11-13H2,(H2,20,26,27)(H2,21,22,23,25). The Kier molecular flexibility index (Phi) is 7.87. The minimum Gasteiger partial charge on any atom is -0.456 e. The zero-order valence-electron chi connectivity index (χ0n) is 15.5. The molecule has 9 nitrogen and oxygen atoms in total. The van der Waals surface area contributed by atoms with Gasteiger partial charge in [0, 0.05) is 13.0 Å². The third-order valence-corrected chi connectivity index (χ3v) is 4.71. The SMILES string of the molecule is NS(=O)(=O)c1ccc(CCC(=O)OCC(=O)NC(=O)NCc2ccccc2)cc1. The normalized spacial score (nSPS) is 10.8. The fourth-order valence-electron chi connectivity index (χ4n) is 2.30. The summed E-state index contributed by atoms with van der Waals surface area (Å²) < 4.78 is 27.2. The molecule has 0 spiro atoms. The van der Waals surface area contributed by atoms with E-state index in [2.05, 4.69) is 10.6 Å². The predicted molar refractivity (Wildman–Crippen MR) is 104 cm³/mol. The number of nitrogens with two attached hydrogens (primary N) is 1. The van der Waals surface area contributed by atoms with Gasteiger partial charge in [-0.2, -0.15) is 0 Å². The van der Waals surface area contributed by atoms with Gasteiger partial charge in [-0.05, 0) is 29.7 Å². The lowest BCUT2D eigenvalue weighted by Gasteiger charge is -2.08. The van der Waals surface area contributed by atoms with E-state index in [4.69, 9.17) is 9.88 Å². The summed E-state index contributed by atoms with van der Waals surface area (Å²) in [6.07, 6.45) is 0.283. The number of sulfonamides is 1. The summed E-state index contributed by atoms with van der Waals surface area (Å²) in [5, 5.41) is 9.59. The van der Waals surface area contributed by atoms with Crippen molar-refractivity contribution in [2.24, 2.45) is 5.14 Å². The zero-order valence-corrected chi connectivity index (χ0v) is 16.3. The first-order chi connectivity index (χ1) is 13.7. The second kappa shape index (κ2) is 10.3. The molecule has 0 bridgehead atoms. The maximum Gasteiger partial charge on any atom is 0.321 e. The van der Waals surface area contributed by atoms with Crippen LogP contribution in [0.15, 0.2) is 59.5 Å². The molecule has 0 aliphatic carbocycles. The Balaban J connectivity index is 1.66. The number of esters is 1. The molecule has 0 unspecified atom stereocenters. The Bertz CT molecular complexity index is 959. The highest BCUT2D eigenvalue weighted by atomic mass is 32.2. The second-order valence-electron chi connectivity index (χ2n) is 6.07. The van der Waals surface area contributed by atoms with E-state index >= 15 is 0 Å². The number of nitrogens with one attached hydrogen (secondary N) is 2. The number of amides is 3. The number of benzene rings is 2. The average molecular weight is 419 g/mol. The number of aryl methyl sites for hydroxylation is 1. The third-order valence-electron chi connectivity index (χ3n) is 3.78. The first kappa shape index (κ1) is 22.1. The van der Waals surface area contributed by atoms with Crippen molar-refractivity contribution in [3.05, 3.63) is 65.7 Å². The number of imide groups is 1. The van der Waals surface area contributed by atoms with E-state index in [0.29, 0.717) is 12.0 Å². The van der Waals surface area contributed by atoms with E-state index in [1.807, 2.05) is 30.3 Å². The highest BCUT2D eigenvalue weighted by Gasteiger charge is 2.12. The van der Waals surface area contributed by atoms with Crippen molar-refractivity contribution >= 4 is 27.9 Å². The number of primary sulfonamides is 1. The Morgan fingerprint density at radius 3 is 2.21 bits per heavy atom. The lowest BCUT2D eigenvalue weighted by atomic mass is 10.1. The first-order valence-electron chi connectivity index (χ1n) is 8.63. The monoisotopic (exact) mass is 419 g/mol. The van der Waals surface area contributed by atoms with Crippen molar-refractivity contribution in [1.29, 1.82) is 0 Å². The van der Waals surface area contributed by atoms with Crippen LogP contribution in [-0.2, 0) is 37.3 Å². The number of ether oxygens (including phenoxy) is 1. The maximum atomic E-state index is 11.7. The molecule has 0 saturated heterocycles. The first-order valence-corrected chi connectivity index (χ1v) is 10.2. The summed E-state index contributed by atoms with van der Waals surface area (Å²) in [6.45, 7) is -0.327. The zero-order chi connectivity index (χ0) is 21.3. The molecule has 0 radical (unpaired) electrons. The van der Waals surface area contributed by atoms with Gasteiger partial charge in [-0.3, -0.25) is 14.9 Å². The number of hydrogen-bond acceptors (Lipinski definition) is 6. The average Bonchev–Trinajstić information content (AvgIpc) is 2.69. The Hall–Kier alpha value is -3.24. The molecule has 10 heteroatoms. The molecule has 2 aromatic rings. The van der Waals surface area contributed by atoms with Gasteiger partial charge in [-0.15, -0.1) is 0 Å². The summed E-state index contributed by atoms with van der Waals surface area (Å²) in [4.78, 5) is 35.0. The summed E-state index contributed by atoms with van der Waals surface area (Å²) in [5.74, 6) is -1.37. The van der Waals surface area contributed by atoms with Gasteiger partial charge in [0.15, 0.2) is 6.61 Å². The molecule has 0 heterocycles. The number of carbonyl (C=O) groups excluding carboxylic acids is 3. The molecular formula is C19H21N3O6S. The van der Waals surface area contributed by atoms with Crippen LogP contribution < -0.4 is 15.8 Å². The maximum absolute atomic E-state index is 11.7. The lowest BCUT2D eigenvalue weighted by Crippen LogP contribution is -2.41. The fourth-order valence-corrected chi connectivity index (χ4v) is 2.81. The van der Waals surface area contributed by atoms with Crippen LogP contribution in [0, 0.1) is 0 Å². The van der Waals surface area contributed by atoms with E-state index in [-0.39, 0.29) is 17.9 Å². The summed E-state index contributed by atoms with van der Waals surface area (Å²) in [7, 11) is -3.77. The molecule has 3 amide bonds. The van der Waals surface area contributed by atoms with Crippen LogP contribution in [0.25, 0.3) is 0 Å². The van der Waals surface area contributed by atoms with Gasteiger partial charge < -0.3 is 10.1 Å². The Labute approximate surface area is 168 Å². The molecule has 154 valence electrons. The lowest BCUT2D eigenvalue weighted by molar-refractivity contribution is -0.148. The van der Waals surface area contributed by atoms with E-state index in [1.165, 1.54) is 24.3 Å². The quantitative estimate of drug-likeness (QED) is 0.541. The number of carbonyl (C=O) groups is 3. The van der Waals surface area contributed by atoms with Crippen molar-refractivity contribution < 1.29 is 27.5 Å². The van der Waals surface area contributed by atoms with Crippen molar-refractivity contribution in [3.63, 3.8) is 0 Å². The second-order valence-corrected chi connectivity index (χ2v) is 7.63. The topological polar surface area (TPSA) is 145 Å². The van der Waals surface area contributed by atoms with Crippen LogP contribution in [0.4, 0.5) is 4.79 Å². The highest BCUT2D eigenvalue weighted by molar-refractivity contribution is 7.89. The minimum atomic E-state index is -3.77. The third kappa shape index (κ3) is 8.11. The molecule has 2 rings (SSSR count). The Morgan fingerprint density at radius 2 is 1.59 bits per heavy atom.